The summed E-state index contributed by atoms with van der Waals surface area (Å²) in [5, 5.41) is 11.1. The average Bonchev–Trinajstić information content (AvgIpc) is 3.07. The van der Waals surface area contributed by atoms with Gasteiger partial charge in [0.2, 0.25) is 6.79 Å². The van der Waals surface area contributed by atoms with Gasteiger partial charge in [-0.3, -0.25) is 14.5 Å². The molecule has 2 aliphatic heterocycles. The highest BCUT2D eigenvalue weighted by Gasteiger charge is 2.26. The van der Waals surface area contributed by atoms with E-state index < -0.39 is 11.8 Å². The lowest BCUT2D eigenvalue weighted by atomic mass is 10.1. The fourth-order valence-electron chi connectivity index (χ4n) is 2.80. The fourth-order valence-corrected chi connectivity index (χ4v) is 2.80. The Morgan fingerprint density at radius 2 is 1.88 bits per heavy atom. The van der Waals surface area contributed by atoms with Gasteiger partial charge in [0.05, 0.1) is 6.61 Å². The van der Waals surface area contributed by atoms with Crippen molar-refractivity contribution < 1.29 is 24.2 Å². The Hall–Kier alpha value is -2.32. The van der Waals surface area contributed by atoms with Crippen molar-refractivity contribution in [2.45, 2.75) is 6.54 Å². The van der Waals surface area contributed by atoms with Gasteiger partial charge in [0.1, 0.15) is 0 Å². The third-order valence-electron chi connectivity index (χ3n) is 4.09. The second-order valence-corrected chi connectivity index (χ2v) is 5.74. The van der Waals surface area contributed by atoms with Crippen LogP contribution >= 0.6 is 0 Å². The molecule has 1 saturated heterocycles. The van der Waals surface area contributed by atoms with E-state index in [9.17, 15) is 9.59 Å². The van der Waals surface area contributed by atoms with Crippen LogP contribution in [0.2, 0.25) is 0 Å². The molecule has 0 aromatic heterocycles. The molecule has 0 unspecified atom stereocenters. The van der Waals surface area contributed by atoms with Gasteiger partial charge in [0.25, 0.3) is 0 Å². The highest BCUT2D eigenvalue weighted by atomic mass is 16.7. The number of fused-ring (bicyclic) bond motifs is 1. The number of amides is 2. The molecule has 1 aromatic rings. The lowest BCUT2D eigenvalue weighted by Gasteiger charge is -2.34. The Labute approximate surface area is 139 Å². The summed E-state index contributed by atoms with van der Waals surface area (Å²) in [6, 6.07) is 5.89. The molecular weight excluding hydrogens is 314 g/mol. The predicted molar refractivity (Wildman–Crippen MR) is 84.5 cm³/mol. The Morgan fingerprint density at radius 1 is 1.12 bits per heavy atom. The van der Waals surface area contributed by atoms with Gasteiger partial charge in [-0.05, 0) is 17.7 Å². The SMILES string of the molecule is O=C(NCCO)C(=O)N1CCN(Cc2ccc3c(c2)OCO3)CC1. The van der Waals surface area contributed by atoms with Crippen molar-refractivity contribution in [2.75, 3.05) is 46.1 Å². The summed E-state index contributed by atoms with van der Waals surface area (Å²) in [5.41, 5.74) is 1.12. The molecular formula is C16H21N3O5. The van der Waals surface area contributed by atoms with E-state index in [0.29, 0.717) is 26.2 Å². The molecule has 2 aliphatic rings. The van der Waals surface area contributed by atoms with Crippen molar-refractivity contribution in [2.24, 2.45) is 0 Å². The Morgan fingerprint density at radius 3 is 2.62 bits per heavy atom. The average molecular weight is 335 g/mol. The first kappa shape index (κ1) is 16.5. The van der Waals surface area contributed by atoms with Gasteiger partial charge in [0, 0.05) is 39.3 Å². The van der Waals surface area contributed by atoms with E-state index in [1.54, 1.807) is 4.90 Å². The minimum Gasteiger partial charge on any atom is -0.454 e. The molecule has 130 valence electrons. The summed E-state index contributed by atoms with van der Waals surface area (Å²) in [6.07, 6.45) is 0. The van der Waals surface area contributed by atoms with Crippen molar-refractivity contribution in [1.82, 2.24) is 15.1 Å². The second-order valence-electron chi connectivity index (χ2n) is 5.74. The molecule has 1 fully saturated rings. The van der Waals surface area contributed by atoms with Crippen molar-refractivity contribution in [3.63, 3.8) is 0 Å². The van der Waals surface area contributed by atoms with Crippen LogP contribution in [-0.2, 0) is 16.1 Å². The monoisotopic (exact) mass is 335 g/mol. The number of ether oxygens (including phenoxy) is 2. The number of carbonyl (C=O) groups is 2. The summed E-state index contributed by atoms with van der Waals surface area (Å²) >= 11 is 0. The van der Waals surface area contributed by atoms with E-state index >= 15 is 0 Å². The number of rotatable bonds is 4. The minimum absolute atomic E-state index is 0.0919. The van der Waals surface area contributed by atoms with Crippen LogP contribution in [0.25, 0.3) is 0 Å². The molecule has 2 heterocycles. The first-order valence-corrected chi connectivity index (χ1v) is 7.96. The largest absolute Gasteiger partial charge is 0.454 e. The summed E-state index contributed by atoms with van der Waals surface area (Å²) < 4.78 is 10.7. The van der Waals surface area contributed by atoms with Crippen LogP contribution in [0.3, 0.4) is 0 Å². The lowest BCUT2D eigenvalue weighted by molar-refractivity contribution is -0.147. The van der Waals surface area contributed by atoms with Crippen molar-refractivity contribution in [3.8, 4) is 11.5 Å². The summed E-state index contributed by atoms with van der Waals surface area (Å²) in [4.78, 5) is 27.4. The molecule has 2 amide bonds. The number of aliphatic hydroxyl groups excluding tert-OH is 1. The number of benzene rings is 1. The maximum Gasteiger partial charge on any atom is 0.311 e. The normalized spacial score (nSPS) is 17.0. The first-order valence-electron chi connectivity index (χ1n) is 7.96. The molecule has 24 heavy (non-hydrogen) atoms. The molecule has 8 heteroatoms. The third-order valence-corrected chi connectivity index (χ3v) is 4.09. The number of carbonyl (C=O) groups excluding carboxylic acids is 2. The van der Waals surface area contributed by atoms with Gasteiger partial charge in [-0.15, -0.1) is 0 Å². The third kappa shape index (κ3) is 3.77. The summed E-state index contributed by atoms with van der Waals surface area (Å²) in [5.74, 6) is 0.337. The zero-order valence-electron chi connectivity index (χ0n) is 13.4. The molecule has 3 rings (SSSR count). The molecule has 0 saturated carbocycles. The topological polar surface area (TPSA) is 91.3 Å². The van der Waals surface area contributed by atoms with E-state index in [2.05, 4.69) is 10.2 Å². The molecule has 0 bridgehead atoms. The van der Waals surface area contributed by atoms with Gasteiger partial charge in [0.15, 0.2) is 11.5 Å². The zero-order valence-corrected chi connectivity index (χ0v) is 13.4. The highest BCUT2D eigenvalue weighted by molar-refractivity contribution is 6.35. The molecule has 1 aromatic carbocycles. The van der Waals surface area contributed by atoms with Crippen LogP contribution in [0.15, 0.2) is 18.2 Å². The van der Waals surface area contributed by atoms with Gasteiger partial charge in [-0.2, -0.15) is 0 Å². The summed E-state index contributed by atoms with van der Waals surface area (Å²) in [6.45, 7) is 3.36. The number of hydrogen-bond donors (Lipinski definition) is 2. The number of nitrogens with zero attached hydrogens (tertiary/aromatic N) is 2. The van der Waals surface area contributed by atoms with Crippen LogP contribution in [-0.4, -0.2) is 72.8 Å². The smallest absolute Gasteiger partial charge is 0.311 e. The number of hydrogen-bond acceptors (Lipinski definition) is 6. The molecule has 8 nitrogen and oxygen atoms in total. The van der Waals surface area contributed by atoms with Crippen LogP contribution in [0.4, 0.5) is 0 Å². The Balaban J connectivity index is 1.48. The van der Waals surface area contributed by atoms with E-state index in [1.807, 2.05) is 18.2 Å². The van der Waals surface area contributed by atoms with E-state index in [4.69, 9.17) is 14.6 Å². The van der Waals surface area contributed by atoms with Crippen LogP contribution in [0.1, 0.15) is 5.56 Å². The summed E-state index contributed by atoms with van der Waals surface area (Å²) in [7, 11) is 0. The standard InChI is InChI=1S/C16H21N3O5/c20-8-3-17-15(21)16(22)19-6-4-18(5-7-19)10-12-1-2-13-14(9-12)24-11-23-13/h1-2,9,20H,3-8,10-11H2,(H,17,21). The van der Waals surface area contributed by atoms with Crippen molar-refractivity contribution in [1.29, 1.82) is 0 Å². The van der Waals surface area contributed by atoms with Crippen LogP contribution in [0, 0.1) is 0 Å². The molecule has 0 atom stereocenters. The lowest BCUT2D eigenvalue weighted by Crippen LogP contribution is -2.52. The number of nitrogens with one attached hydrogen (secondary N) is 1. The number of aliphatic hydroxyl groups is 1. The highest BCUT2D eigenvalue weighted by Crippen LogP contribution is 2.32. The molecule has 0 radical (unpaired) electrons. The molecule has 2 N–H and O–H groups in total. The molecule has 0 spiro atoms. The zero-order chi connectivity index (χ0) is 16.9. The van der Waals surface area contributed by atoms with E-state index in [0.717, 1.165) is 23.6 Å². The van der Waals surface area contributed by atoms with Gasteiger partial charge in [-0.25, -0.2) is 0 Å². The maximum absolute atomic E-state index is 12.0. The Kier molecular flexibility index (Phi) is 5.17. The first-order chi connectivity index (χ1) is 11.7. The van der Waals surface area contributed by atoms with Crippen molar-refractivity contribution >= 4 is 11.8 Å². The van der Waals surface area contributed by atoms with Crippen molar-refractivity contribution in [3.05, 3.63) is 23.8 Å². The van der Waals surface area contributed by atoms with Crippen LogP contribution in [0.5, 0.6) is 11.5 Å². The maximum atomic E-state index is 12.0. The van der Waals surface area contributed by atoms with E-state index in [1.165, 1.54) is 0 Å². The fraction of sp³-hybridized carbons (Fsp3) is 0.500. The predicted octanol–water partition coefficient (Wildman–Crippen LogP) is -0.832. The van der Waals surface area contributed by atoms with Gasteiger partial charge in [-0.1, -0.05) is 6.07 Å². The number of piperazine rings is 1. The van der Waals surface area contributed by atoms with Gasteiger partial charge >= 0.3 is 11.8 Å². The Bertz CT molecular complexity index is 614. The van der Waals surface area contributed by atoms with Crippen LogP contribution < -0.4 is 14.8 Å². The quantitative estimate of drug-likeness (QED) is 0.698. The minimum atomic E-state index is -0.659. The molecule has 0 aliphatic carbocycles. The van der Waals surface area contributed by atoms with E-state index in [-0.39, 0.29) is 19.9 Å². The second kappa shape index (κ2) is 7.50. The van der Waals surface area contributed by atoms with Gasteiger partial charge < -0.3 is 24.8 Å².